The Morgan fingerprint density at radius 1 is 0.914 bits per heavy atom. The summed E-state index contributed by atoms with van der Waals surface area (Å²) in [5.74, 6) is -0.185. The van der Waals surface area contributed by atoms with E-state index in [4.69, 9.17) is 4.98 Å². The number of fused-ring (bicyclic) bond motifs is 1. The number of carbonyl (C=O) groups is 1. The van der Waals surface area contributed by atoms with Gasteiger partial charge >= 0.3 is 0 Å². The molecule has 0 bridgehead atoms. The number of likely N-dealkylation sites (N-methyl/N-ethyl adjacent to an activating group) is 1. The van der Waals surface area contributed by atoms with Crippen molar-refractivity contribution in [2.24, 2.45) is 0 Å². The molecule has 7 nitrogen and oxygen atoms in total. The summed E-state index contributed by atoms with van der Waals surface area (Å²) >= 11 is 1.50. The van der Waals surface area contributed by atoms with Gasteiger partial charge in [0.15, 0.2) is 5.13 Å². The number of hydrogen-bond donors (Lipinski definition) is 0. The number of sulfonamides is 1. The van der Waals surface area contributed by atoms with Crippen LogP contribution in [0, 0.1) is 6.92 Å². The van der Waals surface area contributed by atoms with E-state index in [0.717, 1.165) is 35.4 Å². The third-order valence-corrected chi connectivity index (χ3v) is 9.17. The molecule has 3 aromatic rings. The van der Waals surface area contributed by atoms with Crippen LogP contribution in [0.5, 0.6) is 0 Å². The van der Waals surface area contributed by atoms with Crippen molar-refractivity contribution in [2.75, 3.05) is 44.2 Å². The molecule has 0 unspecified atom stereocenters. The van der Waals surface area contributed by atoms with Crippen LogP contribution in [0.2, 0.25) is 0 Å². The lowest BCUT2D eigenvalue weighted by molar-refractivity contribution is 0.0983. The van der Waals surface area contributed by atoms with Crippen molar-refractivity contribution in [1.29, 1.82) is 0 Å². The van der Waals surface area contributed by atoms with Crippen LogP contribution in [0.4, 0.5) is 5.13 Å². The minimum atomic E-state index is -3.57. The standard InChI is InChI=1S/C25H34N4O3S2.ClH/c1-6-27(7-2)17-18-29(25-26-23-19(5)11-10-12-22(23)33-25)24(30)20-13-15-21(16-14-20)34(31,32)28(8-3)9-4;/h10-16H,6-9,17-18H2,1-5H3;1H. The lowest BCUT2D eigenvalue weighted by atomic mass is 10.2. The Morgan fingerprint density at radius 2 is 1.54 bits per heavy atom. The van der Waals surface area contributed by atoms with Gasteiger partial charge in [0.1, 0.15) is 0 Å². The van der Waals surface area contributed by atoms with Gasteiger partial charge in [-0.25, -0.2) is 13.4 Å². The first-order valence-corrected chi connectivity index (χ1v) is 14.0. The summed E-state index contributed by atoms with van der Waals surface area (Å²) < 4.78 is 28.1. The molecule has 0 fully saturated rings. The largest absolute Gasteiger partial charge is 0.302 e. The molecule has 0 aliphatic carbocycles. The first-order chi connectivity index (χ1) is 16.3. The van der Waals surface area contributed by atoms with Crippen LogP contribution in [-0.2, 0) is 10.0 Å². The SMILES string of the molecule is CCN(CC)CCN(C(=O)c1ccc(S(=O)(=O)N(CC)CC)cc1)c1nc2c(C)cccc2s1.Cl. The van der Waals surface area contributed by atoms with E-state index in [2.05, 4.69) is 18.7 Å². The number of nitrogens with zero attached hydrogens (tertiary/aromatic N) is 4. The van der Waals surface area contributed by atoms with Crippen molar-refractivity contribution in [3.63, 3.8) is 0 Å². The van der Waals surface area contributed by atoms with Crippen LogP contribution in [-0.4, -0.2) is 67.8 Å². The molecule has 2 aromatic carbocycles. The number of rotatable bonds is 11. The normalized spacial score (nSPS) is 11.7. The summed E-state index contributed by atoms with van der Waals surface area (Å²) in [5.41, 5.74) is 2.42. The van der Waals surface area contributed by atoms with Gasteiger partial charge in [0.2, 0.25) is 10.0 Å². The molecule has 0 saturated heterocycles. The Labute approximate surface area is 219 Å². The van der Waals surface area contributed by atoms with Crippen molar-refractivity contribution in [3.8, 4) is 0 Å². The molecule has 0 aliphatic rings. The maximum Gasteiger partial charge on any atom is 0.260 e. The van der Waals surface area contributed by atoms with Gasteiger partial charge < -0.3 is 4.90 Å². The van der Waals surface area contributed by atoms with E-state index >= 15 is 0 Å². The van der Waals surface area contributed by atoms with E-state index in [0.29, 0.717) is 30.3 Å². The van der Waals surface area contributed by atoms with E-state index in [-0.39, 0.29) is 23.2 Å². The quantitative estimate of drug-likeness (QED) is 0.342. The fourth-order valence-corrected chi connectivity index (χ4v) is 6.42. The molecule has 0 N–H and O–H groups in total. The smallest absolute Gasteiger partial charge is 0.260 e. The molecule has 192 valence electrons. The third kappa shape index (κ3) is 6.40. The lowest BCUT2D eigenvalue weighted by Gasteiger charge is -2.25. The molecular formula is C25H35ClN4O3S2. The highest BCUT2D eigenvalue weighted by atomic mass is 35.5. The molecular weight excluding hydrogens is 504 g/mol. The highest BCUT2D eigenvalue weighted by Gasteiger charge is 2.25. The van der Waals surface area contributed by atoms with Crippen molar-refractivity contribution < 1.29 is 13.2 Å². The first kappa shape index (κ1) is 29.2. The molecule has 0 saturated carbocycles. The minimum Gasteiger partial charge on any atom is -0.302 e. The number of aryl methyl sites for hydroxylation is 1. The average molecular weight is 539 g/mol. The third-order valence-electron chi connectivity index (χ3n) is 6.06. The molecule has 1 amide bonds. The Balaban J connectivity index is 0.00000432. The number of carbonyl (C=O) groups excluding carboxylic acids is 1. The summed E-state index contributed by atoms with van der Waals surface area (Å²) in [6, 6.07) is 12.3. The van der Waals surface area contributed by atoms with Crippen LogP contribution in [0.1, 0.15) is 43.6 Å². The van der Waals surface area contributed by atoms with Crippen molar-refractivity contribution in [3.05, 3.63) is 53.6 Å². The molecule has 35 heavy (non-hydrogen) atoms. The summed E-state index contributed by atoms with van der Waals surface area (Å²) in [6.45, 7) is 13.7. The van der Waals surface area contributed by atoms with E-state index in [9.17, 15) is 13.2 Å². The molecule has 0 atom stereocenters. The minimum absolute atomic E-state index is 0. The van der Waals surface area contributed by atoms with Gasteiger partial charge in [-0.15, -0.1) is 12.4 Å². The Morgan fingerprint density at radius 3 is 2.09 bits per heavy atom. The number of amides is 1. The molecule has 1 aromatic heterocycles. The maximum atomic E-state index is 13.6. The second kappa shape index (κ2) is 12.8. The summed E-state index contributed by atoms with van der Waals surface area (Å²) in [4.78, 5) is 22.6. The van der Waals surface area contributed by atoms with E-state index in [1.807, 2.05) is 39.0 Å². The number of para-hydroxylation sites is 1. The van der Waals surface area contributed by atoms with Gasteiger partial charge in [0.25, 0.3) is 5.91 Å². The Kier molecular flexibility index (Phi) is 10.7. The number of anilines is 1. The molecule has 0 spiro atoms. The highest BCUT2D eigenvalue weighted by Crippen LogP contribution is 2.31. The van der Waals surface area contributed by atoms with Gasteiger partial charge in [0, 0.05) is 31.7 Å². The molecule has 1 heterocycles. The molecule has 3 rings (SSSR count). The predicted octanol–water partition coefficient (Wildman–Crippen LogP) is 5.05. The summed E-state index contributed by atoms with van der Waals surface area (Å²) in [6.07, 6.45) is 0. The fraction of sp³-hybridized carbons (Fsp3) is 0.440. The van der Waals surface area contributed by atoms with E-state index in [1.54, 1.807) is 17.0 Å². The monoisotopic (exact) mass is 538 g/mol. The maximum absolute atomic E-state index is 13.6. The van der Waals surface area contributed by atoms with Crippen LogP contribution >= 0.6 is 23.7 Å². The molecule has 10 heteroatoms. The number of thiazole rings is 1. The second-order valence-electron chi connectivity index (χ2n) is 8.02. The highest BCUT2D eigenvalue weighted by molar-refractivity contribution is 7.89. The van der Waals surface area contributed by atoms with Gasteiger partial charge in [-0.1, -0.05) is 51.2 Å². The van der Waals surface area contributed by atoms with Crippen LogP contribution < -0.4 is 4.90 Å². The van der Waals surface area contributed by atoms with Crippen LogP contribution in [0.15, 0.2) is 47.4 Å². The lowest BCUT2D eigenvalue weighted by Crippen LogP contribution is -2.39. The van der Waals surface area contributed by atoms with E-state index < -0.39 is 10.0 Å². The molecule has 0 radical (unpaired) electrons. The van der Waals surface area contributed by atoms with Crippen molar-refractivity contribution >= 4 is 55.0 Å². The average Bonchev–Trinajstić information content (AvgIpc) is 3.27. The van der Waals surface area contributed by atoms with Crippen LogP contribution in [0.25, 0.3) is 10.2 Å². The zero-order valence-corrected chi connectivity index (χ0v) is 23.5. The summed E-state index contributed by atoms with van der Waals surface area (Å²) in [7, 11) is -3.57. The predicted molar refractivity (Wildman–Crippen MR) is 148 cm³/mol. The number of aromatic nitrogens is 1. The Bertz CT molecular complexity index is 1220. The number of hydrogen-bond acceptors (Lipinski definition) is 6. The first-order valence-electron chi connectivity index (χ1n) is 11.8. The Hall–Kier alpha value is -2.04. The number of benzene rings is 2. The number of halogens is 1. The topological polar surface area (TPSA) is 73.8 Å². The van der Waals surface area contributed by atoms with Crippen molar-refractivity contribution in [2.45, 2.75) is 39.5 Å². The van der Waals surface area contributed by atoms with E-state index in [1.165, 1.54) is 27.8 Å². The van der Waals surface area contributed by atoms with Gasteiger partial charge in [0.05, 0.1) is 15.1 Å². The molecule has 0 aliphatic heterocycles. The second-order valence-corrected chi connectivity index (χ2v) is 11.0. The van der Waals surface area contributed by atoms with Gasteiger partial charge in [-0.3, -0.25) is 9.69 Å². The van der Waals surface area contributed by atoms with Gasteiger partial charge in [-0.05, 0) is 55.9 Å². The zero-order chi connectivity index (χ0) is 24.9. The summed E-state index contributed by atoms with van der Waals surface area (Å²) in [5, 5.41) is 0.654. The van der Waals surface area contributed by atoms with Crippen LogP contribution in [0.3, 0.4) is 0 Å². The zero-order valence-electron chi connectivity index (χ0n) is 21.0. The van der Waals surface area contributed by atoms with Crippen molar-refractivity contribution in [1.82, 2.24) is 14.2 Å². The van der Waals surface area contributed by atoms with Gasteiger partial charge in [-0.2, -0.15) is 4.31 Å². The fourth-order valence-electron chi connectivity index (χ4n) is 3.89.